The van der Waals surface area contributed by atoms with Crippen molar-refractivity contribution in [2.45, 2.75) is 24.8 Å². The van der Waals surface area contributed by atoms with Crippen LogP contribution in [0.1, 0.15) is 12.5 Å². The number of sulfonamides is 1. The number of hydrogen-bond acceptors (Lipinski definition) is 5. The van der Waals surface area contributed by atoms with Crippen molar-refractivity contribution in [1.82, 2.24) is 4.72 Å². The van der Waals surface area contributed by atoms with E-state index in [2.05, 4.69) is 4.72 Å². The van der Waals surface area contributed by atoms with E-state index in [0.717, 1.165) is 0 Å². The molecular formula is C10H14N2O5S. The van der Waals surface area contributed by atoms with Gasteiger partial charge in [-0.15, -0.1) is 0 Å². The van der Waals surface area contributed by atoms with Gasteiger partial charge in [-0.25, -0.2) is 13.1 Å². The molecule has 0 radical (unpaired) electrons. The number of nitro groups is 1. The topological polar surface area (TPSA) is 110 Å². The minimum absolute atomic E-state index is 0.0696. The van der Waals surface area contributed by atoms with Crippen LogP contribution in [0.2, 0.25) is 0 Å². The maximum Gasteiger partial charge on any atom is 0.273 e. The predicted molar refractivity (Wildman–Crippen MR) is 64.7 cm³/mol. The lowest BCUT2D eigenvalue weighted by Gasteiger charge is -2.13. The summed E-state index contributed by atoms with van der Waals surface area (Å²) in [6, 6.07) is 3.18. The summed E-state index contributed by atoms with van der Waals surface area (Å²) in [6.45, 7) is 2.51. The summed E-state index contributed by atoms with van der Waals surface area (Å²) in [7, 11) is -3.87. The molecule has 0 saturated carbocycles. The molecule has 100 valence electrons. The Balaban J connectivity index is 3.26. The number of aliphatic hydroxyl groups excluding tert-OH is 1. The molecule has 0 heterocycles. The SMILES string of the molecule is Cc1c([N+](=O)[O-])cccc1S(=O)(=O)N[C@H](C)CO. The van der Waals surface area contributed by atoms with Crippen LogP contribution < -0.4 is 4.72 Å². The molecule has 8 heteroatoms. The molecule has 1 aromatic carbocycles. The van der Waals surface area contributed by atoms with E-state index in [4.69, 9.17) is 5.11 Å². The van der Waals surface area contributed by atoms with Crippen LogP contribution in [0.3, 0.4) is 0 Å². The largest absolute Gasteiger partial charge is 0.395 e. The van der Waals surface area contributed by atoms with Crippen molar-refractivity contribution in [3.05, 3.63) is 33.9 Å². The van der Waals surface area contributed by atoms with E-state index in [9.17, 15) is 18.5 Å². The summed E-state index contributed by atoms with van der Waals surface area (Å²) in [4.78, 5) is 9.94. The van der Waals surface area contributed by atoms with Crippen molar-refractivity contribution >= 4 is 15.7 Å². The zero-order valence-corrected chi connectivity index (χ0v) is 10.8. The number of benzene rings is 1. The second kappa shape index (κ2) is 5.42. The molecule has 1 rings (SSSR count). The van der Waals surface area contributed by atoms with Crippen LogP contribution in [-0.2, 0) is 10.0 Å². The molecule has 0 unspecified atom stereocenters. The standard InChI is InChI=1S/C10H14N2O5S/c1-7(6-13)11-18(16,17)10-5-3-4-9(8(10)2)12(14)15/h3-5,7,11,13H,6H2,1-2H3/t7-/m1/s1. The molecule has 0 spiro atoms. The van der Waals surface area contributed by atoms with E-state index >= 15 is 0 Å². The third kappa shape index (κ3) is 3.03. The fourth-order valence-electron chi connectivity index (χ4n) is 1.46. The van der Waals surface area contributed by atoms with E-state index in [-0.39, 0.29) is 22.8 Å². The molecule has 2 N–H and O–H groups in total. The van der Waals surface area contributed by atoms with Gasteiger partial charge in [0.25, 0.3) is 5.69 Å². The highest BCUT2D eigenvalue weighted by Gasteiger charge is 2.23. The van der Waals surface area contributed by atoms with Gasteiger partial charge >= 0.3 is 0 Å². The van der Waals surface area contributed by atoms with Gasteiger partial charge in [0.05, 0.1) is 16.4 Å². The molecule has 0 fully saturated rings. The van der Waals surface area contributed by atoms with Crippen molar-refractivity contribution in [3.8, 4) is 0 Å². The summed E-state index contributed by atoms with van der Waals surface area (Å²) < 4.78 is 26.1. The molecule has 0 aliphatic heterocycles. The Labute approximate surface area is 105 Å². The van der Waals surface area contributed by atoms with Crippen LogP contribution in [0, 0.1) is 17.0 Å². The van der Waals surface area contributed by atoms with Crippen LogP contribution in [0.15, 0.2) is 23.1 Å². The van der Waals surface area contributed by atoms with Crippen molar-refractivity contribution in [2.75, 3.05) is 6.61 Å². The zero-order valence-electron chi connectivity index (χ0n) is 9.95. The summed E-state index contributed by atoms with van der Waals surface area (Å²) in [5.41, 5.74) is -0.185. The van der Waals surface area contributed by atoms with Gasteiger partial charge in [-0.2, -0.15) is 0 Å². The number of nitro benzene ring substituents is 1. The minimum atomic E-state index is -3.87. The van der Waals surface area contributed by atoms with Gasteiger partial charge in [0.1, 0.15) is 0 Å². The first-order valence-electron chi connectivity index (χ1n) is 5.16. The van der Waals surface area contributed by atoms with Crippen LogP contribution in [0.5, 0.6) is 0 Å². The smallest absolute Gasteiger partial charge is 0.273 e. The first-order chi connectivity index (χ1) is 8.29. The van der Waals surface area contributed by atoms with E-state index in [1.807, 2.05) is 0 Å². The third-order valence-electron chi connectivity index (χ3n) is 2.37. The monoisotopic (exact) mass is 274 g/mol. The molecule has 0 bridgehead atoms. The first kappa shape index (κ1) is 14.6. The Bertz CT molecular complexity index is 555. The van der Waals surface area contributed by atoms with E-state index < -0.39 is 21.0 Å². The maximum atomic E-state index is 12.0. The lowest BCUT2D eigenvalue weighted by Crippen LogP contribution is -2.35. The molecule has 0 aliphatic carbocycles. The number of rotatable bonds is 5. The average molecular weight is 274 g/mol. The second-order valence-electron chi connectivity index (χ2n) is 3.86. The molecule has 1 atom stereocenters. The Kier molecular flexibility index (Phi) is 4.38. The summed E-state index contributed by atoms with van der Waals surface area (Å²) in [6.07, 6.45) is 0. The Morgan fingerprint density at radius 3 is 2.61 bits per heavy atom. The molecular weight excluding hydrogens is 260 g/mol. The fourth-order valence-corrected chi connectivity index (χ4v) is 2.95. The van der Waals surface area contributed by atoms with Crippen molar-refractivity contribution < 1.29 is 18.4 Å². The lowest BCUT2D eigenvalue weighted by molar-refractivity contribution is -0.385. The maximum absolute atomic E-state index is 12.0. The Morgan fingerprint density at radius 2 is 2.11 bits per heavy atom. The molecule has 7 nitrogen and oxygen atoms in total. The Hall–Kier alpha value is -1.51. The van der Waals surface area contributed by atoms with E-state index in [0.29, 0.717) is 0 Å². The van der Waals surface area contributed by atoms with E-state index in [1.165, 1.54) is 32.0 Å². The van der Waals surface area contributed by atoms with Gasteiger partial charge in [0.2, 0.25) is 10.0 Å². The highest BCUT2D eigenvalue weighted by molar-refractivity contribution is 7.89. The second-order valence-corrected chi connectivity index (χ2v) is 5.54. The van der Waals surface area contributed by atoms with Crippen molar-refractivity contribution in [1.29, 1.82) is 0 Å². The van der Waals surface area contributed by atoms with Gasteiger partial charge in [0, 0.05) is 17.7 Å². The highest BCUT2D eigenvalue weighted by Crippen LogP contribution is 2.24. The van der Waals surface area contributed by atoms with Gasteiger partial charge in [-0.05, 0) is 19.9 Å². The highest BCUT2D eigenvalue weighted by atomic mass is 32.2. The quantitative estimate of drug-likeness (QED) is 0.602. The van der Waals surface area contributed by atoms with E-state index in [1.54, 1.807) is 0 Å². The Morgan fingerprint density at radius 1 is 1.50 bits per heavy atom. The molecule has 0 aromatic heterocycles. The summed E-state index contributed by atoms with van der Waals surface area (Å²) >= 11 is 0. The fraction of sp³-hybridized carbons (Fsp3) is 0.400. The lowest BCUT2D eigenvalue weighted by atomic mass is 10.2. The van der Waals surface area contributed by atoms with Crippen molar-refractivity contribution in [2.24, 2.45) is 0 Å². The normalized spacial score (nSPS) is 13.3. The van der Waals surface area contributed by atoms with Gasteiger partial charge in [-0.1, -0.05) is 6.07 Å². The molecule has 18 heavy (non-hydrogen) atoms. The van der Waals surface area contributed by atoms with Crippen LogP contribution in [-0.4, -0.2) is 31.1 Å². The number of hydrogen-bond donors (Lipinski definition) is 2. The summed E-state index contributed by atoms with van der Waals surface area (Å²) in [5.74, 6) is 0. The van der Waals surface area contributed by atoms with Crippen LogP contribution in [0.25, 0.3) is 0 Å². The number of nitrogens with one attached hydrogen (secondary N) is 1. The van der Waals surface area contributed by atoms with Crippen LogP contribution in [0.4, 0.5) is 5.69 Å². The van der Waals surface area contributed by atoms with Crippen molar-refractivity contribution in [3.63, 3.8) is 0 Å². The molecule has 1 aromatic rings. The van der Waals surface area contributed by atoms with Gasteiger partial charge in [-0.3, -0.25) is 10.1 Å². The first-order valence-corrected chi connectivity index (χ1v) is 6.65. The minimum Gasteiger partial charge on any atom is -0.395 e. The average Bonchev–Trinajstić information content (AvgIpc) is 2.27. The predicted octanol–water partition coefficient (Wildman–Crippen LogP) is 0.562. The zero-order chi connectivity index (χ0) is 13.9. The number of aliphatic hydroxyl groups is 1. The van der Waals surface area contributed by atoms with Gasteiger partial charge < -0.3 is 5.11 Å². The van der Waals surface area contributed by atoms with Gasteiger partial charge in [0.15, 0.2) is 0 Å². The third-order valence-corrected chi connectivity index (χ3v) is 4.11. The molecule has 0 amide bonds. The molecule has 0 aliphatic rings. The van der Waals surface area contributed by atoms with Crippen LogP contribution >= 0.6 is 0 Å². The molecule has 0 saturated heterocycles. The number of nitrogens with zero attached hydrogens (tertiary/aromatic N) is 1. The summed E-state index contributed by atoms with van der Waals surface area (Å²) in [5, 5.41) is 19.6.